The smallest absolute Gasteiger partial charge is 0.198 e. The topological polar surface area (TPSA) is 56.9 Å². The number of benzene rings is 1. The highest BCUT2D eigenvalue weighted by Gasteiger charge is 2.23. The lowest BCUT2D eigenvalue weighted by molar-refractivity contribution is 0.255. The summed E-state index contributed by atoms with van der Waals surface area (Å²) >= 11 is 0. The van der Waals surface area contributed by atoms with Crippen molar-refractivity contribution in [2.24, 2.45) is 16.1 Å². The summed E-state index contributed by atoms with van der Waals surface area (Å²) in [7, 11) is 4.11. The van der Waals surface area contributed by atoms with Gasteiger partial charge >= 0.3 is 0 Å². The standard InChI is InChI=1S/C20H35N5/c1-16-8-6-7-13-25(16)19(22-15-20(2,3)14-21)23-17-9-11-18(12-10-17)24(4)5/h9-12,16H,6-8,13-15,21H2,1-5H3,(H,22,23). The first-order valence-electron chi connectivity index (χ1n) is 9.38. The van der Waals surface area contributed by atoms with E-state index in [1.54, 1.807) is 0 Å². The second-order valence-corrected chi connectivity index (χ2v) is 8.11. The van der Waals surface area contributed by atoms with Gasteiger partial charge in [-0.05, 0) is 62.4 Å². The van der Waals surface area contributed by atoms with Gasteiger partial charge in [-0.2, -0.15) is 0 Å². The zero-order chi connectivity index (χ0) is 18.4. The van der Waals surface area contributed by atoms with Gasteiger partial charge < -0.3 is 20.9 Å². The number of likely N-dealkylation sites (tertiary alicyclic amines) is 1. The molecule has 1 aliphatic rings. The van der Waals surface area contributed by atoms with Crippen LogP contribution >= 0.6 is 0 Å². The van der Waals surface area contributed by atoms with Crippen molar-refractivity contribution in [1.29, 1.82) is 0 Å². The number of hydrogen-bond donors (Lipinski definition) is 2. The number of rotatable bonds is 5. The average molecular weight is 346 g/mol. The summed E-state index contributed by atoms with van der Waals surface area (Å²) in [6.45, 7) is 9.05. The van der Waals surface area contributed by atoms with Gasteiger partial charge in [-0.1, -0.05) is 13.8 Å². The number of piperidine rings is 1. The van der Waals surface area contributed by atoms with Crippen LogP contribution in [0.2, 0.25) is 0 Å². The van der Waals surface area contributed by atoms with Crippen LogP contribution in [0.25, 0.3) is 0 Å². The Hall–Kier alpha value is -1.75. The van der Waals surface area contributed by atoms with Crippen molar-refractivity contribution < 1.29 is 0 Å². The van der Waals surface area contributed by atoms with Crippen molar-refractivity contribution in [1.82, 2.24) is 4.90 Å². The molecule has 0 bridgehead atoms. The van der Waals surface area contributed by atoms with Crippen molar-refractivity contribution >= 4 is 17.3 Å². The molecule has 5 nitrogen and oxygen atoms in total. The van der Waals surface area contributed by atoms with Gasteiger partial charge in [-0.3, -0.25) is 4.99 Å². The summed E-state index contributed by atoms with van der Waals surface area (Å²) in [5.41, 5.74) is 8.17. The van der Waals surface area contributed by atoms with Crippen LogP contribution in [-0.2, 0) is 0 Å². The van der Waals surface area contributed by atoms with Crippen molar-refractivity contribution in [2.45, 2.75) is 46.1 Å². The van der Waals surface area contributed by atoms with Crippen LogP contribution < -0.4 is 16.0 Å². The molecule has 1 heterocycles. The molecule has 5 heteroatoms. The molecule has 1 atom stereocenters. The van der Waals surface area contributed by atoms with E-state index in [1.807, 2.05) is 0 Å². The van der Waals surface area contributed by atoms with Crippen molar-refractivity contribution in [2.75, 3.05) is 43.9 Å². The van der Waals surface area contributed by atoms with Crippen LogP contribution in [-0.4, -0.2) is 50.6 Å². The van der Waals surface area contributed by atoms with Gasteiger partial charge in [0.25, 0.3) is 0 Å². The van der Waals surface area contributed by atoms with Crippen LogP contribution in [0.1, 0.15) is 40.0 Å². The molecular formula is C20H35N5. The third-order valence-corrected chi connectivity index (χ3v) is 4.92. The minimum atomic E-state index is 0.0146. The summed E-state index contributed by atoms with van der Waals surface area (Å²) in [5.74, 6) is 0.978. The van der Waals surface area contributed by atoms with E-state index >= 15 is 0 Å². The highest BCUT2D eigenvalue weighted by molar-refractivity contribution is 5.94. The molecule has 1 aliphatic heterocycles. The van der Waals surface area contributed by atoms with E-state index in [0.29, 0.717) is 12.6 Å². The van der Waals surface area contributed by atoms with Crippen molar-refractivity contribution in [3.8, 4) is 0 Å². The zero-order valence-corrected chi connectivity index (χ0v) is 16.5. The van der Waals surface area contributed by atoms with Crippen LogP contribution in [0.3, 0.4) is 0 Å². The second-order valence-electron chi connectivity index (χ2n) is 8.11. The fraction of sp³-hybridized carbons (Fsp3) is 0.650. The lowest BCUT2D eigenvalue weighted by atomic mass is 9.94. The number of nitrogens with two attached hydrogens (primary N) is 1. The monoisotopic (exact) mass is 345 g/mol. The van der Waals surface area contributed by atoms with E-state index in [1.165, 1.54) is 24.9 Å². The van der Waals surface area contributed by atoms with Crippen molar-refractivity contribution in [3.05, 3.63) is 24.3 Å². The number of aliphatic imine (C=N–C) groups is 1. The molecule has 3 N–H and O–H groups in total. The quantitative estimate of drug-likeness (QED) is 0.634. The molecule has 1 aromatic carbocycles. The molecule has 1 unspecified atom stereocenters. The Balaban J connectivity index is 2.19. The van der Waals surface area contributed by atoms with Gasteiger partial charge in [0.2, 0.25) is 0 Å². The van der Waals surface area contributed by atoms with Crippen LogP contribution in [0, 0.1) is 5.41 Å². The van der Waals surface area contributed by atoms with E-state index in [-0.39, 0.29) is 5.41 Å². The Morgan fingerprint density at radius 2 is 1.96 bits per heavy atom. The maximum absolute atomic E-state index is 5.89. The maximum Gasteiger partial charge on any atom is 0.198 e. The first kappa shape index (κ1) is 19.6. The van der Waals surface area contributed by atoms with E-state index in [2.05, 4.69) is 74.2 Å². The van der Waals surface area contributed by atoms with Crippen LogP contribution in [0.15, 0.2) is 29.3 Å². The van der Waals surface area contributed by atoms with Gasteiger partial charge in [-0.15, -0.1) is 0 Å². The lowest BCUT2D eigenvalue weighted by Gasteiger charge is -2.36. The van der Waals surface area contributed by atoms with Crippen LogP contribution in [0.4, 0.5) is 11.4 Å². The largest absolute Gasteiger partial charge is 0.378 e. The molecule has 0 aromatic heterocycles. The zero-order valence-electron chi connectivity index (χ0n) is 16.5. The predicted octanol–water partition coefficient (Wildman–Crippen LogP) is 3.38. The molecule has 0 amide bonds. The molecule has 1 aromatic rings. The number of nitrogens with zero attached hydrogens (tertiary/aromatic N) is 3. The van der Waals surface area contributed by atoms with Gasteiger partial charge in [0, 0.05) is 44.6 Å². The molecular weight excluding hydrogens is 310 g/mol. The Morgan fingerprint density at radius 3 is 2.52 bits per heavy atom. The van der Waals surface area contributed by atoms with Gasteiger partial charge in [0.15, 0.2) is 5.96 Å². The Kier molecular flexibility index (Phi) is 6.71. The second kappa shape index (κ2) is 8.56. The van der Waals surface area contributed by atoms with Gasteiger partial charge in [-0.25, -0.2) is 0 Å². The predicted molar refractivity (Wildman–Crippen MR) is 110 cm³/mol. The van der Waals surface area contributed by atoms with Crippen molar-refractivity contribution in [3.63, 3.8) is 0 Å². The minimum absolute atomic E-state index is 0.0146. The molecule has 2 rings (SSSR count). The fourth-order valence-electron chi connectivity index (χ4n) is 2.94. The van der Waals surface area contributed by atoms with E-state index < -0.39 is 0 Å². The molecule has 0 aliphatic carbocycles. The molecule has 1 fully saturated rings. The van der Waals surface area contributed by atoms with Gasteiger partial charge in [0.05, 0.1) is 0 Å². The van der Waals surface area contributed by atoms with Gasteiger partial charge in [0.1, 0.15) is 0 Å². The summed E-state index contributed by atoms with van der Waals surface area (Å²) in [6.07, 6.45) is 3.75. The molecule has 0 saturated carbocycles. The highest BCUT2D eigenvalue weighted by atomic mass is 15.3. The maximum atomic E-state index is 5.89. The molecule has 140 valence electrons. The van der Waals surface area contributed by atoms with Crippen LogP contribution in [0.5, 0.6) is 0 Å². The Morgan fingerprint density at radius 1 is 1.28 bits per heavy atom. The Labute approximate surface area is 153 Å². The SMILES string of the molecule is CC1CCCCN1C(=NCC(C)(C)CN)Nc1ccc(N(C)C)cc1. The molecule has 0 spiro atoms. The summed E-state index contributed by atoms with van der Waals surface area (Å²) in [6, 6.07) is 9.01. The molecule has 1 saturated heterocycles. The molecule has 0 radical (unpaired) electrons. The number of anilines is 2. The minimum Gasteiger partial charge on any atom is -0.378 e. The third kappa shape index (κ3) is 5.63. The number of hydrogen-bond acceptors (Lipinski definition) is 3. The molecule has 25 heavy (non-hydrogen) atoms. The summed E-state index contributed by atoms with van der Waals surface area (Å²) in [5, 5.41) is 3.56. The summed E-state index contributed by atoms with van der Waals surface area (Å²) < 4.78 is 0. The number of guanidine groups is 1. The summed E-state index contributed by atoms with van der Waals surface area (Å²) in [4.78, 5) is 9.45. The third-order valence-electron chi connectivity index (χ3n) is 4.92. The van der Waals surface area contributed by atoms with E-state index in [9.17, 15) is 0 Å². The lowest BCUT2D eigenvalue weighted by Crippen LogP contribution is -2.46. The first-order chi connectivity index (χ1) is 11.8. The fourth-order valence-corrected chi connectivity index (χ4v) is 2.94. The van der Waals surface area contributed by atoms with E-state index in [4.69, 9.17) is 10.7 Å². The highest BCUT2D eigenvalue weighted by Crippen LogP contribution is 2.21. The normalized spacial score (nSPS) is 19.0. The number of nitrogens with one attached hydrogen (secondary N) is 1. The average Bonchev–Trinajstić information content (AvgIpc) is 2.59. The Bertz CT molecular complexity index is 562. The first-order valence-corrected chi connectivity index (χ1v) is 9.38. The van der Waals surface area contributed by atoms with E-state index in [0.717, 1.165) is 24.7 Å².